The maximum atomic E-state index is 14.2. The molecular weight excluding hydrogens is 701 g/mol. The fourth-order valence-corrected chi connectivity index (χ4v) is 6.26. The Morgan fingerprint density at radius 3 is 1.60 bits per heavy atom. The first-order valence-corrected chi connectivity index (χ1v) is 19.2. The maximum absolute atomic E-state index is 14.2. The molecule has 1 aliphatic rings. The lowest BCUT2D eigenvalue weighted by Crippen LogP contribution is -2.61. The average Bonchev–Trinajstić information content (AvgIpc) is 3.50. The number of para-hydroxylation sites is 1. The minimum absolute atomic E-state index is 0. The zero-order chi connectivity index (χ0) is 40.4. The lowest BCUT2D eigenvalue weighted by atomic mass is 9.97. The van der Waals surface area contributed by atoms with E-state index in [0.717, 1.165) is 16.5 Å². The number of hydrogen-bond donors (Lipinski definition) is 7. The minimum Gasteiger partial charge on any atom is -0.361 e. The van der Waals surface area contributed by atoms with Crippen LogP contribution in [-0.2, 0) is 35.2 Å². The molecule has 0 bridgehead atoms. The van der Waals surface area contributed by atoms with E-state index >= 15 is 0 Å². The van der Waals surface area contributed by atoms with Crippen molar-refractivity contribution in [2.75, 3.05) is 0 Å². The SMILES string of the molecule is C.CC(C)C[C@H]1NC(=O)[C@H](Cc2c[nH]c3ccccc23)NC(=O)[C@@H](C(C)C)NC(=O)[C@H](C)N=C[C@H](C(C)C)NC(=O)[C@@H](C(C)C)NC(=O)[C@H](C(C)C)NC1=O. The van der Waals surface area contributed by atoms with Crippen molar-refractivity contribution in [1.82, 2.24) is 36.9 Å². The average molecular weight is 767 g/mol. The van der Waals surface area contributed by atoms with Crippen LogP contribution in [0.1, 0.15) is 95.6 Å². The van der Waals surface area contributed by atoms with Gasteiger partial charge in [0.1, 0.15) is 36.3 Å². The van der Waals surface area contributed by atoms with Gasteiger partial charge in [-0.2, -0.15) is 0 Å². The number of amides is 6. The Balaban J connectivity index is 0.0000105. The van der Waals surface area contributed by atoms with E-state index in [1.807, 2.05) is 52.0 Å². The number of aromatic amines is 1. The number of aliphatic imine (C=N–C) groups is 1. The Morgan fingerprint density at radius 2 is 1.05 bits per heavy atom. The molecule has 14 heteroatoms. The maximum Gasteiger partial charge on any atom is 0.245 e. The summed E-state index contributed by atoms with van der Waals surface area (Å²) in [5, 5.41) is 18.1. The van der Waals surface area contributed by atoms with Crippen LogP contribution in [-0.4, -0.2) is 88.9 Å². The van der Waals surface area contributed by atoms with Gasteiger partial charge in [0.25, 0.3) is 0 Å². The first kappa shape index (κ1) is 46.4. The summed E-state index contributed by atoms with van der Waals surface area (Å²) in [5.41, 5.74) is 1.63. The lowest BCUT2D eigenvalue weighted by molar-refractivity contribution is -0.136. The largest absolute Gasteiger partial charge is 0.361 e. The molecule has 7 N–H and O–H groups in total. The highest BCUT2D eigenvalue weighted by atomic mass is 16.2. The molecule has 0 aliphatic carbocycles. The Bertz CT molecular complexity index is 1660. The van der Waals surface area contributed by atoms with Crippen LogP contribution in [0.2, 0.25) is 0 Å². The number of hydrogen-bond acceptors (Lipinski definition) is 7. The highest BCUT2D eigenvalue weighted by Gasteiger charge is 2.36. The van der Waals surface area contributed by atoms with Gasteiger partial charge in [0.05, 0.1) is 6.04 Å². The Labute approximate surface area is 327 Å². The smallest absolute Gasteiger partial charge is 0.245 e. The molecule has 7 atom stereocenters. The predicted molar refractivity (Wildman–Crippen MR) is 217 cm³/mol. The zero-order valence-corrected chi connectivity index (χ0v) is 33.7. The molecule has 2 heterocycles. The van der Waals surface area contributed by atoms with Crippen LogP contribution < -0.4 is 31.9 Å². The number of rotatable bonds is 8. The number of fused-ring (bicyclic) bond motifs is 1. The van der Waals surface area contributed by atoms with Crippen LogP contribution in [0.25, 0.3) is 10.9 Å². The van der Waals surface area contributed by atoms with Crippen LogP contribution in [0.15, 0.2) is 35.5 Å². The topological polar surface area (TPSA) is 203 Å². The van der Waals surface area contributed by atoms with Crippen LogP contribution in [0.3, 0.4) is 0 Å². The predicted octanol–water partition coefficient (Wildman–Crippen LogP) is 3.40. The van der Waals surface area contributed by atoms with Gasteiger partial charge in [-0.3, -0.25) is 33.8 Å². The van der Waals surface area contributed by atoms with Crippen LogP contribution in [0.4, 0.5) is 0 Å². The first-order chi connectivity index (χ1) is 25.3. The number of nitrogens with one attached hydrogen (secondary N) is 7. The standard InChI is InChI=1S/C40H62N8O6.CH4/c1-20(2)16-29-37(51)47-34(24(9)10)40(54)48-33(23(7)8)39(53)45-31(21(3)4)19-41-25(11)35(49)46-32(22(5)6)38(52)44-30(36(50)43-29)17-26-18-42-28-15-13-12-14-27(26)28;/h12-15,18-25,29-34,42H,16-17H2,1-11H3,(H,43,50)(H,44,52)(H,45,53)(H,46,49)(H,47,51)(H,48,54);1H4/t25-,29+,30-,31+,32+,33+,34-;/m0./s1. The van der Waals surface area contributed by atoms with Crippen LogP contribution in [0.5, 0.6) is 0 Å². The van der Waals surface area contributed by atoms with Gasteiger partial charge in [-0.05, 0) is 54.6 Å². The fraction of sp³-hybridized carbons (Fsp3) is 0.634. The summed E-state index contributed by atoms with van der Waals surface area (Å²) in [4.78, 5) is 90.8. The van der Waals surface area contributed by atoms with Gasteiger partial charge in [-0.25, -0.2) is 0 Å². The molecule has 0 saturated heterocycles. The highest BCUT2D eigenvalue weighted by molar-refractivity contribution is 5.98. The van der Waals surface area contributed by atoms with Crippen molar-refractivity contribution in [3.05, 3.63) is 36.0 Å². The van der Waals surface area contributed by atoms with Gasteiger partial charge in [-0.15, -0.1) is 0 Å². The van der Waals surface area contributed by atoms with Gasteiger partial charge in [0.15, 0.2) is 0 Å². The van der Waals surface area contributed by atoms with Crippen molar-refractivity contribution in [2.45, 2.75) is 139 Å². The lowest BCUT2D eigenvalue weighted by Gasteiger charge is -2.30. The highest BCUT2D eigenvalue weighted by Crippen LogP contribution is 2.20. The fourth-order valence-electron chi connectivity index (χ4n) is 6.26. The molecule has 0 radical (unpaired) electrons. The van der Waals surface area contributed by atoms with Crippen molar-refractivity contribution in [3.8, 4) is 0 Å². The number of carbonyl (C=O) groups excluding carboxylic acids is 6. The number of benzene rings is 1. The van der Waals surface area contributed by atoms with Crippen LogP contribution in [0, 0.1) is 29.6 Å². The van der Waals surface area contributed by atoms with Crippen LogP contribution >= 0.6 is 0 Å². The van der Waals surface area contributed by atoms with Crippen molar-refractivity contribution >= 4 is 52.6 Å². The Morgan fingerprint density at radius 1 is 0.582 bits per heavy atom. The number of aromatic nitrogens is 1. The van der Waals surface area contributed by atoms with Crippen molar-refractivity contribution in [1.29, 1.82) is 0 Å². The summed E-state index contributed by atoms with van der Waals surface area (Å²) in [6, 6.07) is 0.906. The van der Waals surface area contributed by atoms with E-state index in [0.29, 0.717) is 0 Å². The molecule has 0 saturated carbocycles. The van der Waals surface area contributed by atoms with E-state index in [9.17, 15) is 28.8 Å². The quantitative estimate of drug-likeness (QED) is 0.215. The van der Waals surface area contributed by atoms with E-state index < -0.39 is 77.7 Å². The molecule has 2 aromatic rings. The molecule has 306 valence electrons. The number of nitrogens with zero attached hydrogens (tertiary/aromatic N) is 1. The Kier molecular flexibility index (Phi) is 17.5. The second-order valence-corrected chi connectivity index (χ2v) is 16.3. The van der Waals surface area contributed by atoms with Crippen molar-refractivity contribution in [3.63, 3.8) is 0 Å². The molecule has 0 unspecified atom stereocenters. The first-order valence-electron chi connectivity index (χ1n) is 19.2. The number of carbonyl (C=O) groups is 6. The molecule has 1 aromatic carbocycles. The molecule has 0 spiro atoms. The molecule has 1 aromatic heterocycles. The van der Waals surface area contributed by atoms with Gasteiger partial charge < -0.3 is 36.9 Å². The van der Waals surface area contributed by atoms with Crippen molar-refractivity contribution < 1.29 is 28.8 Å². The Hall–Kier alpha value is -4.75. The van der Waals surface area contributed by atoms with E-state index in [1.54, 1.807) is 54.7 Å². The van der Waals surface area contributed by atoms with E-state index in [1.165, 1.54) is 6.21 Å². The number of H-pyrrole nitrogens is 1. The van der Waals surface area contributed by atoms with Gasteiger partial charge in [0.2, 0.25) is 35.4 Å². The molecule has 1 aliphatic heterocycles. The third-order valence-corrected chi connectivity index (χ3v) is 9.69. The van der Waals surface area contributed by atoms with E-state index in [4.69, 9.17) is 0 Å². The molecular formula is C41H66N8O6. The monoisotopic (exact) mass is 767 g/mol. The van der Waals surface area contributed by atoms with Gasteiger partial charge in [-0.1, -0.05) is 94.9 Å². The summed E-state index contributed by atoms with van der Waals surface area (Å²) >= 11 is 0. The second kappa shape index (κ2) is 20.8. The minimum atomic E-state index is -1.14. The third kappa shape index (κ3) is 12.9. The summed E-state index contributed by atoms with van der Waals surface area (Å²) in [6.07, 6.45) is 3.62. The van der Waals surface area contributed by atoms with Crippen molar-refractivity contribution in [2.24, 2.45) is 34.6 Å². The molecule has 55 heavy (non-hydrogen) atoms. The normalized spacial score (nSPS) is 25.6. The van der Waals surface area contributed by atoms with Gasteiger partial charge >= 0.3 is 0 Å². The van der Waals surface area contributed by atoms with E-state index in [-0.39, 0.29) is 49.9 Å². The molecule has 6 amide bonds. The molecule has 0 fully saturated rings. The second-order valence-electron chi connectivity index (χ2n) is 16.3. The summed E-state index contributed by atoms with van der Waals surface area (Å²) in [5.74, 6) is -4.45. The molecule has 3 rings (SSSR count). The zero-order valence-electron chi connectivity index (χ0n) is 33.7. The molecule has 14 nitrogen and oxygen atoms in total. The summed E-state index contributed by atoms with van der Waals surface area (Å²) in [6.45, 7) is 19.9. The third-order valence-electron chi connectivity index (χ3n) is 9.69. The summed E-state index contributed by atoms with van der Waals surface area (Å²) in [7, 11) is 0. The summed E-state index contributed by atoms with van der Waals surface area (Å²) < 4.78 is 0. The van der Waals surface area contributed by atoms with Gasteiger partial charge in [0, 0.05) is 29.7 Å². The van der Waals surface area contributed by atoms with E-state index in [2.05, 4.69) is 41.9 Å².